The molecule has 0 saturated carbocycles. The highest BCUT2D eigenvalue weighted by Crippen LogP contribution is 2.44. The van der Waals surface area contributed by atoms with Crippen molar-refractivity contribution in [3.63, 3.8) is 0 Å². The molecule has 1 unspecified atom stereocenters. The number of hydrogen-bond donors (Lipinski definition) is 2. The summed E-state index contributed by atoms with van der Waals surface area (Å²) in [4.78, 5) is 25.6. The second-order valence-corrected chi connectivity index (χ2v) is 7.80. The number of carbonyl (C=O) groups is 2. The average molecular weight is 341 g/mol. The van der Waals surface area contributed by atoms with E-state index in [0.29, 0.717) is 11.6 Å². The van der Waals surface area contributed by atoms with Gasteiger partial charge < -0.3 is 10.2 Å². The van der Waals surface area contributed by atoms with Gasteiger partial charge in [0.25, 0.3) is 5.91 Å². The van der Waals surface area contributed by atoms with Gasteiger partial charge in [-0.3, -0.25) is 10.1 Å². The van der Waals surface area contributed by atoms with Crippen molar-refractivity contribution in [1.29, 1.82) is 0 Å². The lowest BCUT2D eigenvalue weighted by molar-refractivity contribution is -0.115. The van der Waals surface area contributed by atoms with E-state index in [1.807, 2.05) is 0 Å². The first-order valence-corrected chi connectivity index (χ1v) is 8.99. The highest BCUT2D eigenvalue weighted by Gasteiger charge is 2.36. The molecule has 3 rings (SSSR count). The van der Waals surface area contributed by atoms with Crippen molar-refractivity contribution in [2.45, 2.75) is 58.9 Å². The molecule has 5 heteroatoms. The summed E-state index contributed by atoms with van der Waals surface area (Å²) in [6.07, 6.45) is 3.97. The van der Waals surface area contributed by atoms with Gasteiger partial charge in [0.05, 0.1) is 0 Å². The first kappa shape index (κ1) is 17.5. The number of nitrogens with one attached hydrogen (secondary N) is 2. The molecule has 134 valence electrons. The normalized spacial score (nSPS) is 23.5. The average Bonchev–Trinajstić information content (AvgIpc) is 2.82. The SMILES string of the molecule is CCCN1c2cc(C)c(/C=C3\NC(=O)NC3=O)cc2C(C)CC1(C)C. The zero-order valence-electron chi connectivity index (χ0n) is 15.7. The van der Waals surface area contributed by atoms with Crippen LogP contribution in [0.4, 0.5) is 10.5 Å². The van der Waals surface area contributed by atoms with Crippen molar-refractivity contribution < 1.29 is 9.59 Å². The van der Waals surface area contributed by atoms with Crippen molar-refractivity contribution in [3.05, 3.63) is 34.5 Å². The Kier molecular flexibility index (Phi) is 4.35. The monoisotopic (exact) mass is 341 g/mol. The predicted octanol–water partition coefficient (Wildman–Crippen LogP) is 3.68. The fraction of sp³-hybridized carbons (Fsp3) is 0.500. The molecule has 0 spiro atoms. The Balaban J connectivity index is 2.07. The van der Waals surface area contributed by atoms with Crippen LogP contribution in [-0.4, -0.2) is 24.0 Å². The Morgan fingerprint density at radius 2 is 2.00 bits per heavy atom. The van der Waals surface area contributed by atoms with E-state index >= 15 is 0 Å². The molecular weight excluding hydrogens is 314 g/mol. The molecule has 1 aromatic carbocycles. The minimum absolute atomic E-state index is 0.133. The third-order valence-electron chi connectivity index (χ3n) is 5.24. The number of fused-ring (bicyclic) bond motifs is 1. The van der Waals surface area contributed by atoms with E-state index in [9.17, 15) is 9.59 Å². The van der Waals surface area contributed by atoms with Crippen LogP contribution < -0.4 is 15.5 Å². The molecule has 0 bridgehead atoms. The Morgan fingerprint density at radius 1 is 1.28 bits per heavy atom. The summed E-state index contributed by atoms with van der Waals surface area (Å²) < 4.78 is 0. The molecule has 25 heavy (non-hydrogen) atoms. The molecule has 2 aliphatic rings. The molecule has 2 N–H and O–H groups in total. The zero-order valence-corrected chi connectivity index (χ0v) is 15.7. The van der Waals surface area contributed by atoms with Crippen LogP contribution in [0.2, 0.25) is 0 Å². The third kappa shape index (κ3) is 3.15. The Hall–Kier alpha value is -2.30. The summed E-state index contributed by atoms with van der Waals surface area (Å²) in [5.41, 5.74) is 5.14. The van der Waals surface area contributed by atoms with Crippen LogP contribution in [0, 0.1) is 6.92 Å². The van der Waals surface area contributed by atoms with Crippen molar-refractivity contribution in [3.8, 4) is 0 Å². The molecule has 1 fully saturated rings. The number of imide groups is 1. The van der Waals surface area contributed by atoms with Crippen LogP contribution in [0.25, 0.3) is 6.08 Å². The number of aryl methyl sites for hydroxylation is 1. The number of nitrogens with zero attached hydrogens (tertiary/aromatic N) is 1. The maximum Gasteiger partial charge on any atom is 0.326 e. The number of amides is 3. The van der Waals surface area contributed by atoms with Crippen LogP contribution in [0.5, 0.6) is 0 Å². The summed E-state index contributed by atoms with van der Waals surface area (Å²) in [6.45, 7) is 12.2. The van der Waals surface area contributed by atoms with Crippen molar-refractivity contribution in [1.82, 2.24) is 10.6 Å². The van der Waals surface area contributed by atoms with E-state index in [2.05, 4.69) is 62.3 Å². The van der Waals surface area contributed by atoms with Crippen LogP contribution in [0.15, 0.2) is 17.8 Å². The number of hydrogen-bond acceptors (Lipinski definition) is 3. The minimum atomic E-state index is -0.462. The van der Waals surface area contributed by atoms with Crippen molar-refractivity contribution in [2.75, 3.05) is 11.4 Å². The van der Waals surface area contributed by atoms with Gasteiger partial charge in [-0.25, -0.2) is 4.79 Å². The maximum absolute atomic E-state index is 11.8. The lowest BCUT2D eigenvalue weighted by Gasteiger charge is -2.48. The van der Waals surface area contributed by atoms with Gasteiger partial charge in [0, 0.05) is 17.8 Å². The molecule has 0 aromatic heterocycles. The Labute approximate surface area is 149 Å². The van der Waals surface area contributed by atoms with Gasteiger partial charge in [-0.05, 0) is 74.4 Å². The largest absolute Gasteiger partial charge is 0.366 e. The van der Waals surface area contributed by atoms with E-state index < -0.39 is 6.03 Å². The molecule has 1 atom stereocenters. The second-order valence-electron chi connectivity index (χ2n) is 7.80. The molecule has 2 aliphatic heterocycles. The van der Waals surface area contributed by atoms with Crippen LogP contribution in [-0.2, 0) is 4.79 Å². The van der Waals surface area contributed by atoms with Crippen LogP contribution in [0.1, 0.15) is 63.1 Å². The number of benzene rings is 1. The quantitative estimate of drug-likeness (QED) is 0.651. The summed E-state index contributed by atoms with van der Waals surface area (Å²) >= 11 is 0. The Morgan fingerprint density at radius 3 is 2.60 bits per heavy atom. The molecule has 0 aliphatic carbocycles. The molecular formula is C20H27N3O2. The van der Waals surface area contributed by atoms with Gasteiger partial charge in [-0.15, -0.1) is 0 Å². The smallest absolute Gasteiger partial charge is 0.326 e. The summed E-state index contributed by atoms with van der Waals surface area (Å²) in [6, 6.07) is 3.94. The third-order valence-corrected chi connectivity index (χ3v) is 5.24. The number of anilines is 1. The highest BCUT2D eigenvalue weighted by atomic mass is 16.2. The van der Waals surface area contributed by atoms with E-state index in [1.54, 1.807) is 6.08 Å². The molecule has 1 aromatic rings. The van der Waals surface area contributed by atoms with E-state index in [1.165, 1.54) is 11.3 Å². The van der Waals surface area contributed by atoms with Crippen molar-refractivity contribution >= 4 is 23.7 Å². The molecule has 2 heterocycles. The van der Waals surface area contributed by atoms with Gasteiger partial charge in [-0.2, -0.15) is 0 Å². The highest BCUT2D eigenvalue weighted by molar-refractivity contribution is 6.14. The predicted molar refractivity (Wildman–Crippen MR) is 101 cm³/mol. The van der Waals surface area contributed by atoms with Crippen LogP contribution >= 0.6 is 0 Å². The van der Waals surface area contributed by atoms with Gasteiger partial charge in [0.15, 0.2) is 0 Å². The first-order chi connectivity index (χ1) is 11.7. The lowest BCUT2D eigenvalue weighted by atomic mass is 9.79. The van der Waals surface area contributed by atoms with Gasteiger partial charge >= 0.3 is 6.03 Å². The maximum atomic E-state index is 11.8. The minimum Gasteiger partial charge on any atom is -0.366 e. The fourth-order valence-corrected chi connectivity index (χ4v) is 4.09. The molecule has 3 amide bonds. The number of carbonyl (C=O) groups excluding carboxylic acids is 2. The standard InChI is InChI=1S/C20H27N3O2/c1-6-7-23-17-8-12(2)14(10-16-18(24)22-19(25)21-16)9-15(17)13(3)11-20(23,4)5/h8-10,13H,6-7,11H2,1-5H3,(H2,21,22,24,25)/b16-10-. The zero-order chi connectivity index (χ0) is 18.4. The first-order valence-electron chi connectivity index (χ1n) is 8.99. The van der Waals surface area contributed by atoms with E-state index in [0.717, 1.165) is 30.5 Å². The topological polar surface area (TPSA) is 61.4 Å². The summed E-state index contributed by atoms with van der Waals surface area (Å²) in [5.74, 6) is 0.0757. The summed E-state index contributed by atoms with van der Waals surface area (Å²) in [5, 5.41) is 4.81. The number of rotatable bonds is 3. The van der Waals surface area contributed by atoms with Crippen molar-refractivity contribution in [2.24, 2.45) is 0 Å². The molecule has 1 saturated heterocycles. The summed E-state index contributed by atoms with van der Waals surface area (Å²) in [7, 11) is 0. The Bertz CT molecular complexity index is 764. The molecule has 0 radical (unpaired) electrons. The van der Waals surface area contributed by atoms with Crippen LogP contribution in [0.3, 0.4) is 0 Å². The second kappa shape index (κ2) is 6.21. The molecule has 5 nitrogen and oxygen atoms in total. The van der Waals surface area contributed by atoms with Gasteiger partial charge in [0.1, 0.15) is 5.70 Å². The van der Waals surface area contributed by atoms with Gasteiger partial charge in [-0.1, -0.05) is 13.8 Å². The fourth-order valence-electron chi connectivity index (χ4n) is 4.09. The van der Waals surface area contributed by atoms with E-state index in [-0.39, 0.29) is 11.4 Å². The number of urea groups is 1. The lowest BCUT2D eigenvalue weighted by Crippen LogP contribution is -2.48. The van der Waals surface area contributed by atoms with Gasteiger partial charge in [0.2, 0.25) is 0 Å². The van der Waals surface area contributed by atoms with E-state index in [4.69, 9.17) is 0 Å².